The van der Waals surface area contributed by atoms with Gasteiger partial charge < -0.3 is 15.7 Å². The molecule has 1 rings (SSSR count). The lowest BCUT2D eigenvalue weighted by Crippen LogP contribution is -2.48. The van der Waals surface area contributed by atoms with E-state index in [9.17, 15) is 9.90 Å². The number of carbonyl (C=O) groups is 1. The standard InChI is InChI=1S/C11H22N2O2/c1-3-12-10(14)13-8-11(15)6-4-5-9(2)7-11/h9,15H,3-8H2,1-2H3,(H2,12,13,14). The van der Waals surface area contributed by atoms with Crippen molar-refractivity contribution >= 4 is 6.03 Å². The lowest BCUT2D eigenvalue weighted by atomic mass is 9.79. The summed E-state index contributed by atoms with van der Waals surface area (Å²) in [4.78, 5) is 11.2. The van der Waals surface area contributed by atoms with E-state index in [1.165, 1.54) is 6.42 Å². The average Bonchev–Trinajstić information content (AvgIpc) is 2.15. The van der Waals surface area contributed by atoms with Crippen LogP contribution in [0, 0.1) is 5.92 Å². The van der Waals surface area contributed by atoms with Gasteiger partial charge in [0.05, 0.1) is 5.60 Å². The number of urea groups is 1. The SMILES string of the molecule is CCNC(=O)NCC1(O)CCCC(C)C1. The molecule has 1 fully saturated rings. The van der Waals surface area contributed by atoms with Crippen molar-refractivity contribution in [1.29, 1.82) is 0 Å². The molecule has 1 saturated carbocycles. The summed E-state index contributed by atoms with van der Waals surface area (Å²) in [5, 5.41) is 15.6. The first-order valence-electron chi connectivity index (χ1n) is 5.80. The smallest absolute Gasteiger partial charge is 0.314 e. The van der Waals surface area contributed by atoms with Crippen molar-refractivity contribution in [3.63, 3.8) is 0 Å². The molecule has 3 N–H and O–H groups in total. The third-order valence-corrected chi connectivity index (χ3v) is 2.98. The highest BCUT2D eigenvalue weighted by molar-refractivity contribution is 5.73. The Hall–Kier alpha value is -0.770. The lowest BCUT2D eigenvalue weighted by molar-refractivity contribution is -0.00949. The summed E-state index contributed by atoms with van der Waals surface area (Å²) in [6.45, 7) is 5.00. The fourth-order valence-corrected chi connectivity index (χ4v) is 2.26. The maximum absolute atomic E-state index is 11.2. The zero-order chi connectivity index (χ0) is 11.3. The number of rotatable bonds is 3. The molecular weight excluding hydrogens is 192 g/mol. The molecule has 1 aliphatic carbocycles. The van der Waals surface area contributed by atoms with Crippen molar-refractivity contribution in [2.45, 2.75) is 45.1 Å². The van der Waals surface area contributed by atoms with Gasteiger partial charge in [0, 0.05) is 13.1 Å². The molecule has 0 radical (unpaired) electrons. The molecule has 0 heterocycles. The van der Waals surface area contributed by atoms with E-state index in [4.69, 9.17) is 0 Å². The van der Waals surface area contributed by atoms with Crippen LogP contribution in [0.4, 0.5) is 4.79 Å². The van der Waals surface area contributed by atoms with Gasteiger partial charge in [0.15, 0.2) is 0 Å². The minimum absolute atomic E-state index is 0.191. The molecule has 88 valence electrons. The first-order chi connectivity index (χ1) is 7.06. The maximum atomic E-state index is 11.2. The van der Waals surface area contributed by atoms with Crippen molar-refractivity contribution in [1.82, 2.24) is 10.6 Å². The van der Waals surface area contributed by atoms with E-state index in [0.717, 1.165) is 19.3 Å². The molecule has 0 saturated heterocycles. The van der Waals surface area contributed by atoms with E-state index in [2.05, 4.69) is 17.6 Å². The second-order valence-electron chi connectivity index (χ2n) is 4.64. The highest BCUT2D eigenvalue weighted by atomic mass is 16.3. The van der Waals surface area contributed by atoms with Crippen LogP contribution in [0.15, 0.2) is 0 Å². The van der Waals surface area contributed by atoms with Crippen LogP contribution in [0.2, 0.25) is 0 Å². The van der Waals surface area contributed by atoms with Crippen LogP contribution >= 0.6 is 0 Å². The van der Waals surface area contributed by atoms with Gasteiger partial charge in [0.25, 0.3) is 0 Å². The number of carbonyl (C=O) groups excluding carboxylic acids is 1. The van der Waals surface area contributed by atoms with E-state index in [0.29, 0.717) is 19.0 Å². The predicted molar refractivity (Wildman–Crippen MR) is 59.7 cm³/mol. The molecule has 1 aliphatic rings. The Kier molecular flexibility index (Phi) is 4.39. The Balaban J connectivity index is 2.32. The minimum atomic E-state index is -0.692. The fourth-order valence-electron chi connectivity index (χ4n) is 2.26. The summed E-state index contributed by atoms with van der Waals surface area (Å²) in [6.07, 6.45) is 3.82. The summed E-state index contributed by atoms with van der Waals surface area (Å²) in [7, 11) is 0. The Morgan fingerprint density at radius 1 is 1.53 bits per heavy atom. The Morgan fingerprint density at radius 3 is 2.87 bits per heavy atom. The van der Waals surface area contributed by atoms with E-state index >= 15 is 0 Å². The molecule has 0 bridgehead atoms. The van der Waals surface area contributed by atoms with Crippen LogP contribution in [-0.2, 0) is 0 Å². The number of nitrogens with one attached hydrogen (secondary N) is 2. The topological polar surface area (TPSA) is 61.4 Å². The summed E-state index contributed by atoms with van der Waals surface area (Å²) < 4.78 is 0. The van der Waals surface area contributed by atoms with Crippen LogP contribution in [0.5, 0.6) is 0 Å². The quantitative estimate of drug-likeness (QED) is 0.662. The number of hydrogen-bond donors (Lipinski definition) is 3. The van der Waals surface area contributed by atoms with Crippen LogP contribution in [-0.4, -0.2) is 29.8 Å². The number of aliphatic hydroxyl groups is 1. The molecule has 2 atom stereocenters. The molecule has 0 spiro atoms. The average molecular weight is 214 g/mol. The number of amides is 2. The monoisotopic (exact) mass is 214 g/mol. The van der Waals surface area contributed by atoms with Gasteiger partial charge in [0.2, 0.25) is 0 Å². The van der Waals surface area contributed by atoms with Crippen molar-refractivity contribution in [2.75, 3.05) is 13.1 Å². The largest absolute Gasteiger partial charge is 0.388 e. The fraction of sp³-hybridized carbons (Fsp3) is 0.909. The van der Waals surface area contributed by atoms with Crippen LogP contribution < -0.4 is 10.6 Å². The van der Waals surface area contributed by atoms with Gasteiger partial charge in [-0.3, -0.25) is 0 Å². The molecule has 0 aromatic rings. The third kappa shape index (κ3) is 4.08. The van der Waals surface area contributed by atoms with E-state index < -0.39 is 5.60 Å². The first-order valence-corrected chi connectivity index (χ1v) is 5.80. The Labute approximate surface area is 91.4 Å². The van der Waals surface area contributed by atoms with Crippen LogP contribution in [0.3, 0.4) is 0 Å². The van der Waals surface area contributed by atoms with E-state index in [-0.39, 0.29) is 6.03 Å². The van der Waals surface area contributed by atoms with Gasteiger partial charge >= 0.3 is 6.03 Å². The molecule has 15 heavy (non-hydrogen) atoms. The second kappa shape index (κ2) is 5.35. The summed E-state index contributed by atoms with van der Waals surface area (Å²) in [5.74, 6) is 0.555. The van der Waals surface area contributed by atoms with Crippen molar-refractivity contribution in [2.24, 2.45) is 5.92 Å². The van der Waals surface area contributed by atoms with Crippen molar-refractivity contribution < 1.29 is 9.90 Å². The molecule has 2 unspecified atom stereocenters. The van der Waals surface area contributed by atoms with Gasteiger partial charge in [-0.2, -0.15) is 0 Å². The molecule has 0 aromatic carbocycles. The molecule has 0 aromatic heterocycles. The molecule has 4 heteroatoms. The zero-order valence-electron chi connectivity index (χ0n) is 9.68. The van der Waals surface area contributed by atoms with E-state index in [1.807, 2.05) is 6.92 Å². The highest BCUT2D eigenvalue weighted by Crippen LogP contribution is 2.31. The lowest BCUT2D eigenvalue weighted by Gasteiger charge is -2.35. The Bertz CT molecular complexity index is 221. The molecule has 2 amide bonds. The van der Waals surface area contributed by atoms with E-state index in [1.54, 1.807) is 0 Å². The van der Waals surface area contributed by atoms with Gasteiger partial charge in [-0.05, 0) is 25.7 Å². The highest BCUT2D eigenvalue weighted by Gasteiger charge is 2.32. The van der Waals surface area contributed by atoms with Crippen molar-refractivity contribution in [3.8, 4) is 0 Å². The number of hydrogen-bond acceptors (Lipinski definition) is 2. The van der Waals surface area contributed by atoms with Gasteiger partial charge in [-0.15, -0.1) is 0 Å². The van der Waals surface area contributed by atoms with Crippen LogP contribution in [0.1, 0.15) is 39.5 Å². The zero-order valence-corrected chi connectivity index (χ0v) is 9.68. The molecule has 4 nitrogen and oxygen atoms in total. The molecular formula is C11H22N2O2. The minimum Gasteiger partial charge on any atom is -0.388 e. The van der Waals surface area contributed by atoms with Crippen molar-refractivity contribution in [3.05, 3.63) is 0 Å². The maximum Gasteiger partial charge on any atom is 0.314 e. The second-order valence-corrected chi connectivity index (χ2v) is 4.64. The summed E-state index contributed by atoms with van der Waals surface area (Å²) in [5.41, 5.74) is -0.692. The molecule has 0 aliphatic heterocycles. The third-order valence-electron chi connectivity index (χ3n) is 2.98. The Morgan fingerprint density at radius 2 is 2.27 bits per heavy atom. The predicted octanol–water partition coefficient (Wildman–Crippen LogP) is 1.25. The normalized spacial score (nSPS) is 31.0. The summed E-state index contributed by atoms with van der Waals surface area (Å²) in [6, 6.07) is -0.191. The van der Waals surface area contributed by atoms with Gasteiger partial charge in [-0.25, -0.2) is 4.79 Å². The van der Waals surface area contributed by atoms with Gasteiger partial charge in [-0.1, -0.05) is 19.8 Å². The first kappa shape index (κ1) is 12.3. The summed E-state index contributed by atoms with van der Waals surface area (Å²) >= 11 is 0. The van der Waals surface area contributed by atoms with Crippen LogP contribution in [0.25, 0.3) is 0 Å². The van der Waals surface area contributed by atoms with Gasteiger partial charge in [0.1, 0.15) is 0 Å².